The molecule has 0 bridgehead atoms. The van der Waals surface area contributed by atoms with Gasteiger partial charge in [0.05, 0.1) is 31.3 Å². The van der Waals surface area contributed by atoms with Crippen LogP contribution in [0.2, 0.25) is 0 Å². The van der Waals surface area contributed by atoms with Crippen molar-refractivity contribution in [3.8, 4) is 5.88 Å². The fourth-order valence-electron chi connectivity index (χ4n) is 4.14. The summed E-state index contributed by atoms with van der Waals surface area (Å²) in [6.45, 7) is 2.98. The van der Waals surface area contributed by atoms with Crippen molar-refractivity contribution in [2.24, 2.45) is 0 Å². The summed E-state index contributed by atoms with van der Waals surface area (Å²) in [5.74, 6) is 1.70. The summed E-state index contributed by atoms with van der Waals surface area (Å²) < 4.78 is 7.56. The van der Waals surface area contributed by atoms with Crippen molar-refractivity contribution in [2.45, 2.75) is 24.8 Å². The molecular formula is C18H20N6O2. The van der Waals surface area contributed by atoms with Crippen LogP contribution in [-0.2, 0) is 12.0 Å². The van der Waals surface area contributed by atoms with E-state index in [4.69, 9.17) is 4.74 Å². The molecule has 3 aromatic heterocycles. The molecule has 1 saturated heterocycles. The highest BCUT2D eigenvalue weighted by atomic mass is 16.5. The Bertz CT molecular complexity index is 948. The van der Waals surface area contributed by atoms with Gasteiger partial charge in [-0.05, 0) is 18.9 Å². The fraction of sp³-hybridized carbons (Fsp3) is 0.444. The summed E-state index contributed by atoms with van der Waals surface area (Å²) >= 11 is 0. The van der Waals surface area contributed by atoms with Crippen LogP contribution in [-0.4, -0.2) is 56.1 Å². The molecule has 8 nitrogen and oxygen atoms in total. The van der Waals surface area contributed by atoms with Crippen LogP contribution in [0.3, 0.4) is 0 Å². The van der Waals surface area contributed by atoms with Crippen LogP contribution in [0.25, 0.3) is 11.0 Å². The molecule has 0 amide bonds. The number of hydrogen-bond donors (Lipinski definition) is 1. The first-order chi connectivity index (χ1) is 12.8. The summed E-state index contributed by atoms with van der Waals surface area (Å²) in [6.07, 6.45) is 7.16. The Morgan fingerprint density at radius 2 is 2.08 bits per heavy atom. The SMILES string of the molecule is OCCn1ncc2c(N3CCC4(CC3)COc3ncccc34)ncnc21. The Hall–Kier alpha value is -2.74. The zero-order chi connectivity index (χ0) is 17.6. The Morgan fingerprint density at radius 1 is 1.19 bits per heavy atom. The normalized spacial score (nSPS) is 18.3. The molecule has 8 heteroatoms. The Labute approximate surface area is 150 Å². The monoisotopic (exact) mass is 352 g/mol. The second-order valence-electron chi connectivity index (χ2n) is 6.94. The molecule has 5 heterocycles. The van der Waals surface area contributed by atoms with Gasteiger partial charge in [0.15, 0.2) is 5.65 Å². The first kappa shape index (κ1) is 15.5. The Morgan fingerprint density at radius 3 is 2.92 bits per heavy atom. The molecule has 134 valence electrons. The molecule has 0 aliphatic carbocycles. The van der Waals surface area contributed by atoms with Crippen molar-refractivity contribution in [1.29, 1.82) is 0 Å². The highest BCUT2D eigenvalue weighted by Crippen LogP contribution is 2.45. The third-order valence-electron chi connectivity index (χ3n) is 5.57. The minimum absolute atomic E-state index is 0.0375. The van der Waals surface area contributed by atoms with Gasteiger partial charge < -0.3 is 14.7 Å². The van der Waals surface area contributed by atoms with E-state index < -0.39 is 0 Å². The van der Waals surface area contributed by atoms with Gasteiger partial charge in [0.25, 0.3) is 0 Å². The predicted molar refractivity (Wildman–Crippen MR) is 95.3 cm³/mol. The van der Waals surface area contributed by atoms with Gasteiger partial charge in [0.2, 0.25) is 5.88 Å². The highest BCUT2D eigenvalue weighted by molar-refractivity contribution is 5.86. The molecule has 0 unspecified atom stereocenters. The zero-order valence-electron chi connectivity index (χ0n) is 14.4. The van der Waals surface area contributed by atoms with Crippen LogP contribution in [0.1, 0.15) is 18.4 Å². The number of fused-ring (bicyclic) bond motifs is 3. The maximum atomic E-state index is 9.18. The van der Waals surface area contributed by atoms with Crippen molar-refractivity contribution >= 4 is 16.9 Å². The summed E-state index contributed by atoms with van der Waals surface area (Å²) in [5, 5.41) is 14.5. The molecule has 2 aliphatic rings. The largest absolute Gasteiger partial charge is 0.476 e. The van der Waals surface area contributed by atoms with E-state index in [0.29, 0.717) is 13.2 Å². The third kappa shape index (κ3) is 2.25. The number of piperidine rings is 1. The molecule has 2 aliphatic heterocycles. The minimum atomic E-state index is 0.0375. The number of aromatic nitrogens is 5. The van der Waals surface area contributed by atoms with Crippen molar-refractivity contribution < 1.29 is 9.84 Å². The average molecular weight is 352 g/mol. The van der Waals surface area contributed by atoms with E-state index in [1.165, 1.54) is 5.56 Å². The van der Waals surface area contributed by atoms with Crippen LogP contribution in [0.4, 0.5) is 5.82 Å². The van der Waals surface area contributed by atoms with Gasteiger partial charge in [-0.3, -0.25) is 0 Å². The van der Waals surface area contributed by atoms with Crippen molar-refractivity contribution in [2.75, 3.05) is 31.2 Å². The van der Waals surface area contributed by atoms with Gasteiger partial charge >= 0.3 is 0 Å². The molecule has 0 saturated carbocycles. The molecule has 3 aromatic rings. The lowest BCUT2D eigenvalue weighted by Gasteiger charge is -2.39. The van der Waals surface area contributed by atoms with E-state index in [1.807, 2.05) is 6.07 Å². The predicted octanol–water partition coefficient (Wildman–Crippen LogP) is 1.14. The minimum Gasteiger partial charge on any atom is -0.476 e. The Balaban J connectivity index is 1.42. The number of aliphatic hydroxyl groups is 1. The molecule has 1 N–H and O–H groups in total. The zero-order valence-corrected chi connectivity index (χ0v) is 14.4. The van der Waals surface area contributed by atoms with Gasteiger partial charge in [-0.25, -0.2) is 19.6 Å². The topological polar surface area (TPSA) is 89.2 Å². The molecular weight excluding hydrogens is 332 g/mol. The quantitative estimate of drug-likeness (QED) is 0.756. The van der Waals surface area contributed by atoms with Crippen LogP contribution in [0.15, 0.2) is 30.9 Å². The molecule has 0 aromatic carbocycles. The number of rotatable bonds is 3. The van der Waals surface area contributed by atoms with Gasteiger partial charge in [-0.2, -0.15) is 5.10 Å². The first-order valence-corrected chi connectivity index (χ1v) is 8.91. The van der Waals surface area contributed by atoms with Gasteiger partial charge in [0, 0.05) is 30.3 Å². The van der Waals surface area contributed by atoms with E-state index in [1.54, 1.807) is 23.4 Å². The second kappa shape index (κ2) is 5.91. The standard InChI is InChI=1S/C18H20N6O2/c25-9-8-24-16-13(10-22-24)15(20-12-21-16)23-6-3-18(4-7-23)11-26-17-14(18)2-1-5-19-17/h1-2,5,10,12,25H,3-4,6-9,11H2. The van der Waals surface area contributed by atoms with Gasteiger partial charge in [0.1, 0.15) is 12.1 Å². The Kier molecular flexibility index (Phi) is 3.53. The van der Waals surface area contributed by atoms with Crippen LogP contribution in [0.5, 0.6) is 5.88 Å². The molecule has 0 radical (unpaired) electrons. The highest BCUT2D eigenvalue weighted by Gasteiger charge is 2.44. The summed E-state index contributed by atoms with van der Waals surface area (Å²) in [6, 6.07) is 4.14. The lowest BCUT2D eigenvalue weighted by Crippen LogP contribution is -2.44. The van der Waals surface area contributed by atoms with E-state index in [2.05, 4.69) is 31.0 Å². The summed E-state index contributed by atoms with van der Waals surface area (Å²) in [4.78, 5) is 15.5. The van der Waals surface area contributed by atoms with Crippen molar-refractivity contribution in [3.63, 3.8) is 0 Å². The van der Waals surface area contributed by atoms with E-state index in [0.717, 1.165) is 48.7 Å². The number of hydrogen-bond acceptors (Lipinski definition) is 7. The maximum Gasteiger partial charge on any atom is 0.217 e. The molecule has 0 atom stereocenters. The third-order valence-corrected chi connectivity index (χ3v) is 5.57. The first-order valence-electron chi connectivity index (χ1n) is 8.91. The van der Waals surface area contributed by atoms with Crippen molar-refractivity contribution in [1.82, 2.24) is 24.7 Å². The number of anilines is 1. The van der Waals surface area contributed by atoms with E-state index in [9.17, 15) is 5.11 Å². The molecule has 26 heavy (non-hydrogen) atoms. The lowest BCUT2D eigenvalue weighted by atomic mass is 9.75. The maximum absolute atomic E-state index is 9.18. The van der Waals surface area contributed by atoms with E-state index >= 15 is 0 Å². The van der Waals surface area contributed by atoms with Gasteiger partial charge in [-0.15, -0.1) is 0 Å². The molecule has 1 spiro atoms. The van der Waals surface area contributed by atoms with Gasteiger partial charge in [-0.1, -0.05) is 6.07 Å². The lowest BCUT2D eigenvalue weighted by molar-refractivity contribution is 0.226. The smallest absolute Gasteiger partial charge is 0.217 e. The second-order valence-corrected chi connectivity index (χ2v) is 6.94. The molecule has 1 fully saturated rings. The van der Waals surface area contributed by atoms with Crippen LogP contribution in [0, 0.1) is 0 Å². The average Bonchev–Trinajstić information content (AvgIpc) is 3.26. The van der Waals surface area contributed by atoms with Crippen molar-refractivity contribution in [3.05, 3.63) is 36.4 Å². The van der Waals surface area contributed by atoms with Crippen LogP contribution >= 0.6 is 0 Å². The number of nitrogens with zero attached hydrogens (tertiary/aromatic N) is 6. The fourth-order valence-corrected chi connectivity index (χ4v) is 4.14. The van der Waals surface area contributed by atoms with E-state index in [-0.39, 0.29) is 12.0 Å². The number of pyridine rings is 1. The molecule has 5 rings (SSSR count). The number of aliphatic hydroxyl groups excluding tert-OH is 1. The number of ether oxygens (including phenoxy) is 1. The summed E-state index contributed by atoms with van der Waals surface area (Å²) in [5.41, 5.74) is 2.07. The summed E-state index contributed by atoms with van der Waals surface area (Å²) in [7, 11) is 0. The van der Waals surface area contributed by atoms with Crippen LogP contribution < -0.4 is 9.64 Å².